The number of fused-ring (bicyclic) bond motifs is 1. The van der Waals surface area contributed by atoms with Gasteiger partial charge in [0.2, 0.25) is 5.91 Å². The molecule has 0 fully saturated rings. The Morgan fingerprint density at radius 2 is 2.08 bits per heavy atom. The number of hydrogen-bond acceptors (Lipinski definition) is 3. The van der Waals surface area contributed by atoms with Crippen LogP contribution in [0.5, 0.6) is 5.75 Å². The quantitative estimate of drug-likeness (QED) is 0.871. The summed E-state index contributed by atoms with van der Waals surface area (Å²) in [6.45, 7) is 4.33. The number of rotatable bonds is 5. The van der Waals surface area contributed by atoms with Crippen LogP contribution in [0.1, 0.15) is 43.4 Å². The number of amides is 1. The average Bonchev–Trinajstić information content (AvgIpc) is 2.63. The van der Waals surface area contributed by atoms with Gasteiger partial charge in [-0.2, -0.15) is 0 Å². The SMILES string of the molecule is CCOc1ccc(NC(=O)C2(C)CCCc3ccccc32)cc1CO. The molecule has 0 aromatic heterocycles. The maximum Gasteiger partial charge on any atom is 0.234 e. The Morgan fingerprint density at radius 1 is 1.28 bits per heavy atom. The summed E-state index contributed by atoms with van der Waals surface area (Å²) in [5, 5.41) is 12.6. The molecule has 132 valence electrons. The van der Waals surface area contributed by atoms with Crippen LogP contribution in [0.15, 0.2) is 42.5 Å². The maximum atomic E-state index is 13.1. The minimum Gasteiger partial charge on any atom is -0.494 e. The lowest BCUT2D eigenvalue weighted by atomic mass is 9.70. The van der Waals surface area contributed by atoms with Crippen molar-refractivity contribution in [2.75, 3.05) is 11.9 Å². The molecule has 0 heterocycles. The zero-order chi connectivity index (χ0) is 17.9. The van der Waals surface area contributed by atoms with Crippen molar-refractivity contribution in [1.29, 1.82) is 0 Å². The third-order valence-electron chi connectivity index (χ3n) is 5.02. The smallest absolute Gasteiger partial charge is 0.234 e. The minimum absolute atomic E-state index is 0.00676. The highest BCUT2D eigenvalue weighted by Crippen LogP contribution is 2.38. The molecule has 1 aliphatic rings. The summed E-state index contributed by atoms with van der Waals surface area (Å²) in [4.78, 5) is 13.1. The Morgan fingerprint density at radius 3 is 2.84 bits per heavy atom. The van der Waals surface area contributed by atoms with E-state index in [-0.39, 0.29) is 12.5 Å². The van der Waals surface area contributed by atoms with Crippen molar-refractivity contribution in [3.05, 3.63) is 59.2 Å². The first kappa shape index (κ1) is 17.5. The number of ether oxygens (including phenoxy) is 1. The Kier molecular flexibility index (Phi) is 5.09. The van der Waals surface area contributed by atoms with Crippen molar-refractivity contribution in [3.63, 3.8) is 0 Å². The largest absolute Gasteiger partial charge is 0.494 e. The molecule has 25 heavy (non-hydrogen) atoms. The summed E-state index contributed by atoms with van der Waals surface area (Å²) >= 11 is 0. The monoisotopic (exact) mass is 339 g/mol. The topological polar surface area (TPSA) is 58.6 Å². The molecule has 1 amide bonds. The Labute approximate surface area is 148 Å². The Bertz CT molecular complexity index is 771. The fourth-order valence-electron chi connectivity index (χ4n) is 3.63. The highest BCUT2D eigenvalue weighted by Gasteiger charge is 2.38. The number of aryl methyl sites for hydroxylation is 1. The fraction of sp³-hybridized carbons (Fsp3) is 0.381. The van der Waals surface area contributed by atoms with Gasteiger partial charge in [0.25, 0.3) is 0 Å². The Balaban J connectivity index is 1.85. The lowest BCUT2D eigenvalue weighted by Crippen LogP contribution is -2.40. The number of carbonyl (C=O) groups excluding carboxylic acids is 1. The molecule has 1 aliphatic carbocycles. The number of hydrogen-bond donors (Lipinski definition) is 2. The molecule has 4 nitrogen and oxygen atoms in total. The number of anilines is 1. The van der Waals surface area contributed by atoms with Crippen molar-refractivity contribution < 1.29 is 14.6 Å². The van der Waals surface area contributed by atoms with Crippen LogP contribution in [-0.2, 0) is 23.2 Å². The number of carbonyl (C=O) groups is 1. The highest BCUT2D eigenvalue weighted by molar-refractivity contribution is 5.99. The normalized spacial score (nSPS) is 19.2. The molecular formula is C21H25NO3. The third kappa shape index (κ3) is 3.40. The van der Waals surface area contributed by atoms with Crippen molar-refractivity contribution >= 4 is 11.6 Å². The van der Waals surface area contributed by atoms with Crippen LogP contribution < -0.4 is 10.1 Å². The van der Waals surface area contributed by atoms with E-state index in [1.807, 2.05) is 32.0 Å². The summed E-state index contributed by atoms with van der Waals surface area (Å²) in [5.41, 5.74) is 3.20. The second-order valence-electron chi connectivity index (χ2n) is 6.71. The van der Waals surface area contributed by atoms with Crippen molar-refractivity contribution in [1.82, 2.24) is 0 Å². The van der Waals surface area contributed by atoms with Gasteiger partial charge >= 0.3 is 0 Å². The van der Waals surface area contributed by atoms with E-state index in [0.717, 1.165) is 24.8 Å². The number of aliphatic hydroxyl groups excluding tert-OH is 1. The molecule has 0 spiro atoms. The molecule has 0 saturated heterocycles. The van der Waals surface area contributed by atoms with Gasteiger partial charge in [-0.15, -0.1) is 0 Å². The summed E-state index contributed by atoms with van der Waals surface area (Å²) in [6, 6.07) is 13.6. The standard InChI is InChI=1S/C21H25NO3/c1-3-25-19-11-10-17(13-16(19)14-23)22-20(24)21(2)12-6-8-15-7-4-5-9-18(15)21/h4-5,7,9-11,13,23H,3,6,8,12,14H2,1-2H3,(H,22,24). The lowest BCUT2D eigenvalue weighted by Gasteiger charge is -2.34. The van der Waals surface area contributed by atoms with Gasteiger partial charge in [0.05, 0.1) is 18.6 Å². The molecule has 4 heteroatoms. The van der Waals surface area contributed by atoms with Crippen LogP contribution in [0.3, 0.4) is 0 Å². The van der Waals surface area contributed by atoms with Gasteiger partial charge in [-0.1, -0.05) is 24.3 Å². The van der Waals surface area contributed by atoms with Crippen LogP contribution in [0.4, 0.5) is 5.69 Å². The van der Waals surface area contributed by atoms with E-state index in [4.69, 9.17) is 4.74 Å². The minimum atomic E-state index is -0.535. The molecular weight excluding hydrogens is 314 g/mol. The molecule has 1 unspecified atom stereocenters. The first-order valence-electron chi connectivity index (χ1n) is 8.85. The molecule has 0 aliphatic heterocycles. The van der Waals surface area contributed by atoms with E-state index >= 15 is 0 Å². The number of aliphatic hydroxyl groups is 1. The van der Waals surface area contributed by atoms with E-state index in [1.165, 1.54) is 5.56 Å². The van der Waals surface area contributed by atoms with Gasteiger partial charge < -0.3 is 15.2 Å². The van der Waals surface area contributed by atoms with Crippen molar-refractivity contribution in [3.8, 4) is 5.75 Å². The van der Waals surface area contributed by atoms with E-state index in [1.54, 1.807) is 12.1 Å². The van der Waals surface area contributed by atoms with Gasteiger partial charge in [-0.25, -0.2) is 0 Å². The zero-order valence-electron chi connectivity index (χ0n) is 14.8. The zero-order valence-corrected chi connectivity index (χ0v) is 14.8. The summed E-state index contributed by atoms with van der Waals surface area (Å²) in [5.74, 6) is 0.643. The average molecular weight is 339 g/mol. The fourth-order valence-corrected chi connectivity index (χ4v) is 3.63. The van der Waals surface area contributed by atoms with E-state index in [2.05, 4.69) is 17.4 Å². The maximum absolute atomic E-state index is 13.1. The van der Waals surface area contributed by atoms with E-state index in [9.17, 15) is 9.90 Å². The van der Waals surface area contributed by atoms with Gasteiger partial charge in [0, 0.05) is 11.3 Å². The van der Waals surface area contributed by atoms with Gasteiger partial charge in [0.1, 0.15) is 5.75 Å². The third-order valence-corrected chi connectivity index (χ3v) is 5.02. The number of nitrogens with one attached hydrogen (secondary N) is 1. The second kappa shape index (κ2) is 7.28. The predicted molar refractivity (Wildman–Crippen MR) is 98.9 cm³/mol. The highest BCUT2D eigenvalue weighted by atomic mass is 16.5. The first-order valence-corrected chi connectivity index (χ1v) is 8.85. The van der Waals surface area contributed by atoms with Crippen LogP contribution in [0.2, 0.25) is 0 Å². The summed E-state index contributed by atoms with van der Waals surface area (Å²) in [6.07, 6.45) is 2.86. The molecule has 0 saturated carbocycles. The van der Waals surface area contributed by atoms with Crippen molar-refractivity contribution in [2.45, 2.75) is 45.1 Å². The van der Waals surface area contributed by atoms with Gasteiger partial charge in [-0.3, -0.25) is 4.79 Å². The second-order valence-corrected chi connectivity index (χ2v) is 6.71. The van der Waals surface area contributed by atoms with E-state index in [0.29, 0.717) is 23.6 Å². The lowest BCUT2D eigenvalue weighted by molar-refractivity contribution is -0.121. The molecule has 2 N–H and O–H groups in total. The number of benzene rings is 2. The van der Waals surface area contributed by atoms with Crippen LogP contribution in [0, 0.1) is 0 Å². The van der Waals surface area contributed by atoms with Crippen LogP contribution >= 0.6 is 0 Å². The van der Waals surface area contributed by atoms with E-state index < -0.39 is 5.41 Å². The summed E-state index contributed by atoms with van der Waals surface area (Å²) in [7, 11) is 0. The van der Waals surface area contributed by atoms with Crippen LogP contribution in [0.25, 0.3) is 0 Å². The molecule has 2 aromatic carbocycles. The predicted octanol–water partition coefficient (Wildman–Crippen LogP) is 3.81. The van der Waals surface area contributed by atoms with Crippen LogP contribution in [-0.4, -0.2) is 17.6 Å². The Hall–Kier alpha value is -2.33. The molecule has 3 rings (SSSR count). The molecule has 0 bridgehead atoms. The van der Waals surface area contributed by atoms with Gasteiger partial charge in [0.15, 0.2) is 0 Å². The summed E-state index contributed by atoms with van der Waals surface area (Å²) < 4.78 is 5.50. The molecule has 0 radical (unpaired) electrons. The molecule has 1 atom stereocenters. The first-order chi connectivity index (χ1) is 12.1. The van der Waals surface area contributed by atoms with Gasteiger partial charge in [-0.05, 0) is 62.4 Å². The molecule has 2 aromatic rings. The van der Waals surface area contributed by atoms with Crippen molar-refractivity contribution in [2.24, 2.45) is 0 Å².